The fourth-order valence-electron chi connectivity index (χ4n) is 2.70. The lowest BCUT2D eigenvalue weighted by Crippen LogP contribution is -2.38. The summed E-state index contributed by atoms with van der Waals surface area (Å²) in [6.45, 7) is 2.98. The fraction of sp³-hybridized carbons (Fsp3) is 0.562. The van der Waals surface area contributed by atoms with Crippen LogP contribution in [0.15, 0.2) is 6.07 Å². The lowest BCUT2D eigenvalue weighted by Gasteiger charge is -2.20. The van der Waals surface area contributed by atoms with Gasteiger partial charge in [0, 0.05) is 25.2 Å². The molecule has 0 unspecified atom stereocenters. The molecule has 1 heterocycles. The average molecular weight is 347 g/mol. The summed E-state index contributed by atoms with van der Waals surface area (Å²) >= 11 is 0. The zero-order valence-electron chi connectivity index (χ0n) is 13.5. The van der Waals surface area contributed by atoms with Crippen molar-refractivity contribution in [2.75, 3.05) is 33.2 Å². The van der Waals surface area contributed by atoms with Gasteiger partial charge in [-0.3, -0.25) is 0 Å². The number of amides is 2. The number of urea groups is 1. The molecule has 2 rings (SSSR count). The molecule has 8 heteroatoms. The van der Waals surface area contributed by atoms with Crippen molar-refractivity contribution in [3.05, 3.63) is 34.9 Å². The average Bonchev–Trinajstić information content (AvgIpc) is 3.05. The van der Waals surface area contributed by atoms with Crippen LogP contribution in [0.4, 0.5) is 22.4 Å². The van der Waals surface area contributed by atoms with Crippen LogP contribution in [0.25, 0.3) is 0 Å². The highest BCUT2D eigenvalue weighted by atomic mass is 19.2. The van der Waals surface area contributed by atoms with Gasteiger partial charge in [0.05, 0.1) is 6.54 Å². The molecule has 1 saturated heterocycles. The summed E-state index contributed by atoms with van der Waals surface area (Å²) in [4.78, 5) is 15.6. The van der Waals surface area contributed by atoms with Gasteiger partial charge in [0.25, 0.3) is 0 Å². The first-order valence-corrected chi connectivity index (χ1v) is 7.93. The molecule has 1 aromatic carbocycles. The third-order valence-corrected chi connectivity index (χ3v) is 4.14. The Labute approximate surface area is 138 Å². The van der Waals surface area contributed by atoms with E-state index in [4.69, 9.17) is 0 Å². The Morgan fingerprint density at radius 1 is 1.17 bits per heavy atom. The molecule has 2 amide bonds. The SMILES string of the molecule is CN(CCCN1CCCC1)C(=O)NCc1c(F)cc(F)c(F)c1F. The van der Waals surface area contributed by atoms with E-state index >= 15 is 0 Å². The summed E-state index contributed by atoms with van der Waals surface area (Å²) in [5, 5.41) is 2.31. The number of carbonyl (C=O) groups is 1. The first-order valence-electron chi connectivity index (χ1n) is 7.93. The van der Waals surface area contributed by atoms with Crippen LogP contribution >= 0.6 is 0 Å². The minimum atomic E-state index is -1.75. The lowest BCUT2D eigenvalue weighted by atomic mass is 10.2. The third-order valence-electron chi connectivity index (χ3n) is 4.14. The van der Waals surface area contributed by atoms with E-state index in [-0.39, 0.29) is 6.07 Å². The molecule has 1 aliphatic rings. The number of benzene rings is 1. The van der Waals surface area contributed by atoms with Crippen molar-refractivity contribution in [3.63, 3.8) is 0 Å². The predicted octanol–water partition coefficient (Wildman–Crippen LogP) is 2.87. The van der Waals surface area contributed by atoms with E-state index in [0.717, 1.165) is 26.1 Å². The second-order valence-corrected chi connectivity index (χ2v) is 5.93. The van der Waals surface area contributed by atoms with Crippen molar-refractivity contribution in [3.8, 4) is 0 Å². The van der Waals surface area contributed by atoms with E-state index in [1.54, 1.807) is 7.05 Å². The molecule has 134 valence electrons. The molecule has 1 fully saturated rings. The molecule has 0 saturated carbocycles. The summed E-state index contributed by atoms with van der Waals surface area (Å²) in [6.07, 6.45) is 3.18. The van der Waals surface area contributed by atoms with E-state index in [0.29, 0.717) is 6.54 Å². The van der Waals surface area contributed by atoms with Crippen molar-refractivity contribution < 1.29 is 22.4 Å². The van der Waals surface area contributed by atoms with Gasteiger partial charge in [0.2, 0.25) is 0 Å². The summed E-state index contributed by atoms with van der Waals surface area (Å²) in [5.74, 6) is -6.20. The highest BCUT2D eigenvalue weighted by molar-refractivity contribution is 5.73. The first-order chi connectivity index (χ1) is 11.4. The highest BCUT2D eigenvalue weighted by Gasteiger charge is 2.20. The van der Waals surface area contributed by atoms with Gasteiger partial charge in [-0.1, -0.05) is 0 Å². The van der Waals surface area contributed by atoms with Crippen molar-refractivity contribution in [2.45, 2.75) is 25.8 Å². The molecule has 1 N–H and O–H groups in total. The van der Waals surface area contributed by atoms with Gasteiger partial charge in [0.1, 0.15) is 5.82 Å². The van der Waals surface area contributed by atoms with Gasteiger partial charge >= 0.3 is 6.03 Å². The maximum Gasteiger partial charge on any atom is 0.317 e. The van der Waals surface area contributed by atoms with Gasteiger partial charge in [-0.05, 0) is 38.9 Å². The monoisotopic (exact) mass is 347 g/mol. The zero-order chi connectivity index (χ0) is 17.7. The van der Waals surface area contributed by atoms with Gasteiger partial charge < -0.3 is 15.1 Å². The number of hydrogen-bond donors (Lipinski definition) is 1. The van der Waals surface area contributed by atoms with Crippen molar-refractivity contribution in [1.82, 2.24) is 15.1 Å². The molecule has 0 aromatic heterocycles. The quantitative estimate of drug-likeness (QED) is 0.488. The predicted molar refractivity (Wildman–Crippen MR) is 81.4 cm³/mol. The second kappa shape index (κ2) is 8.32. The number of hydrogen-bond acceptors (Lipinski definition) is 2. The summed E-state index contributed by atoms with van der Waals surface area (Å²) in [6, 6.07) is -0.264. The number of likely N-dealkylation sites (tertiary alicyclic amines) is 1. The number of nitrogens with one attached hydrogen (secondary N) is 1. The summed E-state index contributed by atoms with van der Waals surface area (Å²) in [5.41, 5.74) is -0.701. The maximum atomic E-state index is 13.5. The fourth-order valence-corrected chi connectivity index (χ4v) is 2.70. The number of rotatable bonds is 6. The first kappa shape index (κ1) is 18.5. The van der Waals surface area contributed by atoms with Crippen LogP contribution in [-0.2, 0) is 6.54 Å². The molecule has 0 atom stereocenters. The van der Waals surface area contributed by atoms with Crippen molar-refractivity contribution in [1.29, 1.82) is 0 Å². The number of nitrogens with zero attached hydrogens (tertiary/aromatic N) is 2. The van der Waals surface area contributed by atoms with Crippen molar-refractivity contribution in [2.24, 2.45) is 0 Å². The summed E-state index contributed by atoms with van der Waals surface area (Å²) in [7, 11) is 1.57. The zero-order valence-corrected chi connectivity index (χ0v) is 13.5. The normalized spacial score (nSPS) is 14.9. The van der Waals surface area contributed by atoms with Crippen LogP contribution in [0, 0.1) is 23.3 Å². The topological polar surface area (TPSA) is 35.6 Å². The Morgan fingerprint density at radius 2 is 1.83 bits per heavy atom. The lowest BCUT2D eigenvalue weighted by molar-refractivity contribution is 0.204. The minimum absolute atomic E-state index is 0.264. The van der Waals surface area contributed by atoms with E-state index < -0.39 is 41.4 Å². The molecular weight excluding hydrogens is 326 g/mol. The van der Waals surface area contributed by atoms with Crippen LogP contribution < -0.4 is 5.32 Å². The molecular formula is C16H21F4N3O. The molecule has 1 aromatic rings. The van der Waals surface area contributed by atoms with E-state index in [1.165, 1.54) is 17.7 Å². The molecule has 0 aliphatic carbocycles. The Kier molecular flexibility index (Phi) is 6.42. The number of carbonyl (C=O) groups excluding carboxylic acids is 1. The number of halogens is 4. The molecule has 0 radical (unpaired) electrons. The molecule has 1 aliphatic heterocycles. The Hall–Kier alpha value is -1.83. The minimum Gasteiger partial charge on any atom is -0.334 e. The molecule has 24 heavy (non-hydrogen) atoms. The standard InChI is InChI=1S/C16H21F4N3O/c1-22(5-4-8-23-6-2-3-7-23)16(24)21-10-11-12(17)9-13(18)15(20)14(11)19/h9H,2-8,10H2,1H3,(H,21,24). The van der Waals surface area contributed by atoms with E-state index in [1.807, 2.05) is 0 Å². The van der Waals surface area contributed by atoms with Crippen LogP contribution in [0.3, 0.4) is 0 Å². The van der Waals surface area contributed by atoms with Crippen molar-refractivity contribution >= 4 is 6.03 Å². The highest BCUT2D eigenvalue weighted by Crippen LogP contribution is 2.19. The second-order valence-electron chi connectivity index (χ2n) is 5.93. The van der Waals surface area contributed by atoms with Gasteiger partial charge in [-0.15, -0.1) is 0 Å². The largest absolute Gasteiger partial charge is 0.334 e. The van der Waals surface area contributed by atoms with Crippen LogP contribution in [-0.4, -0.2) is 49.1 Å². The van der Waals surface area contributed by atoms with Gasteiger partial charge in [0.15, 0.2) is 17.5 Å². The van der Waals surface area contributed by atoms with Gasteiger partial charge in [-0.25, -0.2) is 22.4 Å². The Balaban J connectivity index is 1.80. The van der Waals surface area contributed by atoms with Gasteiger partial charge in [-0.2, -0.15) is 0 Å². The Morgan fingerprint density at radius 3 is 2.50 bits per heavy atom. The summed E-state index contributed by atoms with van der Waals surface area (Å²) < 4.78 is 53.0. The smallest absolute Gasteiger partial charge is 0.317 e. The molecule has 0 bridgehead atoms. The van der Waals surface area contributed by atoms with E-state index in [9.17, 15) is 22.4 Å². The molecule has 0 spiro atoms. The van der Waals surface area contributed by atoms with E-state index in [2.05, 4.69) is 10.2 Å². The van der Waals surface area contributed by atoms with Crippen LogP contribution in [0.1, 0.15) is 24.8 Å². The van der Waals surface area contributed by atoms with Crippen LogP contribution in [0.2, 0.25) is 0 Å². The Bertz CT molecular complexity index is 591. The maximum absolute atomic E-state index is 13.5. The third kappa shape index (κ3) is 4.59. The molecule has 4 nitrogen and oxygen atoms in total. The van der Waals surface area contributed by atoms with Crippen LogP contribution in [0.5, 0.6) is 0 Å².